The number of ether oxygens (including phenoxy) is 1. The summed E-state index contributed by atoms with van der Waals surface area (Å²) in [6.45, 7) is 6.84. The number of hydrogen-bond acceptors (Lipinski definition) is 3. The van der Waals surface area contributed by atoms with Crippen LogP contribution in [0.5, 0.6) is 0 Å². The van der Waals surface area contributed by atoms with E-state index in [1.54, 1.807) is 11.3 Å². The van der Waals surface area contributed by atoms with Gasteiger partial charge in [-0.15, -0.1) is 0 Å². The van der Waals surface area contributed by atoms with E-state index in [2.05, 4.69) is 37.6 Å². The first-order valence-corrected chi connectivity index (χ1v) is 8.49. The van der Waals surface area contributed by atoms with Crippen molar-refractivity contribution in [2.45, 2.75) is 64.7 Å². The Balaban J connectivity index is 2.00. The number of rotatable bonds is 5. The minimum atomic E-state index is 0.0712. The Kier molecular flexibility index (Phi) is 5.43. The fourth-order valence-electron chi connectivity index (χ4n) is 2.91. The van der Waals surface area contributed by atoms with Crippen LogP contribution in [-0.2, 0) is 4.74 Å². The van der Waals surface area contributed by atoms with Gasteiger partial charge >= 0.3 is 0 Å². The van der Waals surface area contributed by atoms with E-state index < -0.39 is 0 Å². The zero-order valence-corrected chi connectivity index (χ0v) is 13.2. The second kappa shape index (κ2) is 6.87. The van der Waals surface area contributed by atoms with E-state index in [9.17, 15) is 0 Å². The zero-order valence-electron chi connectivity index (χ0n) is 12.3. The van der Waals surface area contributed by atoms with Gasteiger partial charge in [-0.2, -0.15) is 11.3 Å². The Labute approximate surface area is 121 Å². The van der Waals surface area contributed by atoms with E-state index in [0.29, 0.717) is 6.10 Å². The van der Waals surface area contributed by atoms with Crippen molar-refractivity contribution >= 4 is 11.3 Å². The van der Waals surface area contributed by atoms with Crippen molar-refractivity contribution in [3.63, 3.8) is 0 Å². The van der Waals surface area contributed by atoms with Crippen molar-refractivity contribution in [3.8, 4) is 0 Å². The molecule has 108 valence electrons. The van der Waals surface area contributed by atoms with E-state index in [1.807, 2.05) is 0 Å². The van der Waals surface area contributed by atoms with Crippen molar-refractivity contribution in [3.05, 3.63) is 22.4 Å². The standard InChI is InChI=1S/C16H27NOS/c1-4-15(17)16(13-7-8-19-10-13)18-14-6-5-11(2)12(3)9-14/h7-8,10-12,14-16H,4-6,9,17H2,1-3H3. The Hall–Kier alpha value is -0.380. The number of nitrogens with two attached hydrogens (primary N) is 1. The van der Waals surface area contributed by atoms with Crippen LogP contribution >= 0.6 is 11.3 Å². The largest absolute Gasteiger partial charge is 0.369 e. The third-order valence-corrected chi connectivity index (χ3v) is 5.32. The first kappa shape index (κ1) is 15.0. The lowest BCUT2D eigenvalue weighted by Crippen LogP contribution is -2.35. The molecule has 5 atom stereocenters. The van der Waals surface area contributed by atoms with Gasteiger partial charge in [0, 0.05) is 6.04 Å². The highest BCUT2D eigenvalue weighted by Crippen LogP contribution is 2.35. The molecule has 0 amide bonds. The van der Waals surface area contributed by atoms with Crippen molar-refractivity contribution in [2.24, 2.45) is 17.6 Å². The predicted octanol–water partition coefficient (Wildman–Crippen LogP) is 4.37. The van der Waals surface area contributed by atoms with Gasteiger partial charge < -0.3 is 10.5 Å². The fourth-order valence-corrected chi connectivity index (χ4v) is 3.59. The molecular weight excluding hydrogens is 254 g/mol. The van der Waals surface area contributed by atoms with Gasteiger partial charge in [0.05, 0.1) is 12.2 Å². The van der Waals surface area contributed by atoms with Crippen LogP contribution < -0.4 is 5.73 Å². The molecule has 2 nitrogen and oxygen atoms in total. The van der Waals surface area contributed by atoms with Crippen molar-refractivity contribution in [1.82, 2.24) is 0 Å². The van der Waals surface area contributed by atoms with Gasteiger partial charge in [0.15, 0.2) is 0 Å². The molecule has 1 fully saturated rings. The van der Waals surface area contributed by atoms with Gasteiger partial charge in [-0.25, -0.2) is 0 Å². The molecular formula is C16H27NOS. The second-order valence-electron chi connectivity index (χ2n) is 6.08. The summed E-state index contributed by atoms with van der Waals surface area (Å²) in [4.78, 5) is 0. The highest BCUT2D eigenvalue weighted by Gasteiger charge is 2.29. The molecule has 1 heterocycles. The maximum absolute atomic E-state index is 6.39. The highest BCUT2D eigenvalue weighted by atomic mass is 32.1. The smallest absolute Gasteiger partial charge is 0.0987 e. The molecule has 1 aromatic heterocycles. The average Bonchev–Trinajstić information content (AvgIpc) is 2.93. The normalized spacial score (nSPS) is 31.1. The Morgan fingerprint density at radius 3 is 2.74 bits per heavy atom. The van der Waals surface area contributed by atoms with Gasteiger partial charge in [-0.3, -0.25) is 0 Å². The number of hydrogen-bond donors (Lipinski definition) is 1. The SMILES string of the molecule is CCC(N)C(OC1CCC(C)C(C)C1)c1ccsc1. The molecule has 2 N–H and O–H groups in total. The molecule has 0 aromatic carbocycles. The Morgan fingerprint density at radius 1 is 1.37 bits per heavy atom. The van der Waals surface area contributed by atoms with Crippen LogP contribution in [0.2, 0.25) is 0 Å². The van der Waals surface area contributed by atoms with Gasteiger partial charge in [0.2, 0.25) is 0 Å². The van der Waals surface area contributed by atoms with Crippen LogP contribution in [0.1, 0.15) is 58.1 Å². The minimum Gasteiger partial charge on any atom is -0.369 e. The fraction of sp³-hybridized carbons (Fsp3) is 0.750. The van der Waals surface area contributed by atoms with E-state index in [0.717, 1.165) is 18.3 Å². The average molecular weight is 281 g/mol. The molecule has 0 aliphatic heterocycles. The third kappa shape index (κ3) is 3.80. The van der Waals surface area contributed by atoms with Crippen LogP contribution in [0.4, 0.5) is 0 Å². The van der Waals surface area contributed by atoms with Crippen molar-refractivity contribution < 1.29 is 4.74 Å². The van der Waals surface area contributed by atoms with E-state index in [4.69, 9.17) is 10.5 Å². The molecule has 5 unspecified atom stereocenters. The Bertz CT molecular complexity index is 365. The first-order chi connectivity index (χ1) is 9.11. The molecule has 3 heteroatoms. The molecule has 1 aliphatic rings. The van der Waals surface area contributed by atoms with Gasteiger partial charge in [-0.1, -0.05) is 20.8 Å². The lowest BCUT2D eigenvalue weighted by Gasteiger charge is -2.35. The van der Waals surface area contributed by atoms with Gasteiger partial charge in [0.25, 0.3) is 0 Å². The summed E-state index contributed by atoms with van der Waals surface area (Å²) in [5.74, 6) is 1.60. The summed E-state index contributed by atoms with van der Waals surface area (Å²) >= 11 is 1.72. The molecule has 0 bridgehead atoms. The monoisotopic (exact) mass is 281 g/mol. The molecule has 1 saturated carbocycles. The van der Waals surface area contributed by atoms with Crippen molar-refractivity contribution in [2.75, 3.05) is 0 Å². The molecule has 19 heavy (non-hydrogen) atoms. The maximum Gasteiger partial charge on any atom is 0.0987 e. The van der Waals surface area contributed by atoms with Gasteiger partial charge in [-0.05, 0) is 59.9 Å². The summed E-state index contributed by atoms with van der Waals surface area (Å²) in [7, 11) is 0. The van der Waals surface area contributed by atoms with Crippen molar-refractivity contribution in [1.29, 1.82) is 0 Å². The summed E-state index contributed by atoms with van der Waals surface area (Å²) in [6, 6.07) is 2.25. The second-order valence-corrected chi connectivity index (χ2v) is 6.86. The summed E-state index contributed by atoms with van der Waals surface area (Å²) in [6.07, 6.45) is 5.05. The number of thiophene rings is 1. The van der Waals surface area contributed by atoms with E-state index in [-0.39, 0.29) is 12.1 Å². The van der Waals surface area contributed by atoms with Crippen LogP contribution in [0, 0.1) is 11.8 Å². The quantitative estimate of drug-likeness (QED) is 0.870. The molecule has 1 aliphatic carbocycles. The zero-order chi connectivity index (χ0) is 13.8. The van der Waals surface area contributed by atoms with Crippen LogP contribution in [0.15, 0.2) is 16.8 Å². The first-order valence-electron chi connectivity index (χ1n) is 7.55. The molecule has 0 radical (unpaired) electrons. The van der Waals surface area contributed by atoms with Crippen LogP contribution in [0.25, 0.3) is 0 Å². The molecule has 0 saturated heterocycles. The third-order valence-electron chi connectivity index (χ3n) is 4.62. The van der Waals surface area contributed by atoms with Crippen LogP contribution in [0.3, 0.4) is 0 Å². The summed E-state index contributed by atoms with van der Waals surface area (Å²) in [5, 5.41) is 4.29. The summed E-state index contributed by atoms with van der Waals surface area (Å²) in [5.41, 5.74) is 7.52. The minimum absolute atomic E-state index is 0.0712. The summed E-state index contributed by atoms with van der Waals surface area (Å²) < 4.78 is 6.39. The lowest BCUT2D eigenvalue weighted by molar-refractivity contribution is -0.0592. The topological polar surface area (TPSA) is 35.2 Å². The lowest BCUT2D eigenvalue weighted by atomic mass is 9.80. The highest BCUT2D eigenvalue weighted by molar-refractivity contribution is 7.07. The predicted molar refractivity (Wildman–Crippen MR) is 82.4 cm³/mol. The molecule has 2 rings (SSSR count). The van der Waals surface area contributed by atoms with Gasteiger partial charge in [0.1, 0.15) is 0 Å². The van der Waals surface area contributed by atoms with E-state index >= 15 is 0 Å². The maximum atomic E-state index is 6.39. The van der Waals surface area contributed by atoms with E-state index in [1.165, 1.54) is 24.8 Å². The molecule has 0 spiro atoms. The van der Waals surface area contributed by atoms with Crippen LogP contribution in [-0.4, -0.2) is 12.1 Å². The molecule has 1 aromatic rings. The Morgan fingerprint density at radius 2 is 2.16 bits per heavy atom.